The normalized spacial score (nSPS) is 25.5. The number of ether oxygens (including phenoxy) is 3. The molecule has 8 fully saturated rings. The van der Waals surface area contributed by atoms with Crippen LogP contribution < -0.4 is 0 Å². The van der Waals surface area contributed by atoms with Crippen LogP contribution in [0.2, 0.25) is 10.0 Å². The van der Waals surface area contributed by atoms with Crippen LogP contribution in [-0.4, -0.2) is 104 Å². The van der Waals surface area contributed by atoms with Crippen molar-refractivity contribution >= 4 is 89.9 Å². The number of carbonyl (C=O) groups is 4. The fraction of sp³-hybridized carbons (Fsp3) is 0.402. The van der Waals surface area contributed by atoms with Gasteiger partial charge in [0, 0.05) is 110 Å². The number of pyridine rings is 6. The van der Waals surface area contributed by atoms with Crippen molar-refractivity contribution in [1.82, 2.24) is 29.9 Å². The first-order valence-corrected chi connectivity index (χ1v) is 46.1. The maximum absolute atomic E-state index is 13.9. The maximum Gasteiger partial charge on any atom is 0.167 e. The van der Waals surface area contributed by atoms with Crippen molar-refractivity contribution in [1.29, 1.82) is 10.5 Å². The number of Topliss-reactive ketones (excluding diaryl/α,β-unsaturated/α-hetero) is 4. The number of benzene rings is 6. The molecular formula is C107H104Cl2F4N8O8. The van der Waals surface area contributed by atoms with E-state index in [1.54, 1.807) is 119 Å². The largest absolute Gasteiger partial charge is 0.385 e. The molecule has 20 atom stereocenters. The molecule has 662 valence electrons. The molecule has 6 heterocycles. The van der Waals surface area contributed by atoms with Gasteiger partial charge in [-0.25, -0.2) is 22.5 Å². The Balaban J connectivity index is 0.000000121. The van der Waals surface area contributed by atoms with Crippen molar-refractivity contribution < 1.29 is 56.1 Å². The SMILES string of the molecule is COC(C(=O)Cc1ccc(C#N)cc1)C1C[C@H]2CC(c3ccnc4ccc(F)cc34)C[C@H]2C1.COC(C(=O)Cc1ccc(Cl)cc1)C1C[C@H]2CC(c3ccnc4ccc(F)cc34)C[C@H]2C1.COC(C(=O)Cc1ccc(Cl)cn1)C1C[C@H]2CC(c3ccnc4ccc(F)cc34)C[C@H]2C1.N#Cc1ccc(CC(=O)C(O)C2C[C@H]3CC(c4ccnc5ccc(F)cc45)C[C@H]3C2)cn1. The molecule has 8 aliphatic carbocycles. The Labute approximate surface area is 759 Å². The Morgan fingerprint density at radius 2 is 0.674 bits per heavy atom. The summed E-state index contributed by atoms with van der Waals surface area (Å²) < 4.78 is 72.6. The second-order valence-corrected chi connectivity index (χ2v) is 38.4. The molecule has 20 rings (SSSR count). The van der Waals surface area contributed by atoms with E-state index >= 15 is 0 Å². The molecule has 8 saturated carbocycles. The van der Waals surface area contributed by atoms with Gasteiger partial charge in [0.05, 0.1) is 45.1 Å². The highest BCUT2D eigenvalue weighted by Gasteiger charge is 2.51. The van der Waals surface area contributed by atoms with E-state index in [-0.39, 0.29) is 95.1 Å². The summed E-state index contributed by atoms with van der Waals surface area (Å²) in [6.45, 7) is 0. The highest BCUT2D eigenvalue weighted by atomic mass is 35.5. The second-order valence-electron chi connectivity index (χ2n) is 37.5. The Morgan fingerprint density at radius 3 is 0.984 bits per heavy atom. The predicted octanol–water partition coefficient (Wildman–Crippen LogP) is 22.1. The highest BCUT2D eigenvalue weighted by molar-refractivity contribution is 6.30. The van der Waals surface area contributed by atoms with Gasteiger partial charge in [-0.1, -0.05) is 53.5 Å². The molecule has 0 saturated heterocycles. The lowest BCUT2D eigenvalue weighted by Crippen LogP contribution is -2.32. The minimum Gasteiger partial charge on any atom is -0.385 e. The number of aromatic nitrogens is 6. The van der Waals surface area contributed by atoms with Crippen LogP contribution in [0.1, 0.15) is 182 Å². The number of halogens is 6. The first-order valence-electron chi connectivity index (χ1n) is 45.3. The third-order valence-electron chi connectivity index (χ3n) is 29.9. The second kappa shape index (κ2) is 40.2. The number of ketones is 4. The van der Waals surface area contributed by atoms with Gasteiger partial charge in [0.1, 0.15) is 59.4 Å². The summed E-state index contributed by atoms with van der Waals surface area (Å²) in [7, 11) is 4.92. The Kier molecular flexibility index (Phi) is 28.0. The quantitative estimate of drug-likeness (QED) is 0.0585. The van der Waals surface area contributed by atoms with E-state index in [4.69, 9.17) is 47.9 Å². The average Bonchev–Trinajstić information content (AvgIpc) is 1.66. The van der Waals surface area contributed by atoms with Crippen LogP contribution in [-0.2, 0) is 59.1 Å². The van der Waals surface area contributed by atoms with Crippen LogP contribution in [0.15, 0.2) is 207 Å². The number of carbonyl (C=O) groups excluding carboxylic acids is 4. The standard InChI is InChI=1S/C28H27FN2O2.C27H27ClFNO2.C26H26ClFN2O2.C26H24FN3O2/c1-33-28(27(32)10-17-2-4-18(16-30)5-3-17)22-13-19-11-21(12-20(19)14-22)24-8-9-31-26-7-6-23(29)15-25(24)26;1-32-27(26(31)10-16-2-4-21(28)5-3-16)20-13-17-11-19(12-18(17)14-20)23-8-9-30-25-7-6-22(29)15-24(23)25;1-32-26(25(31)13-21-4-2-19(27)14-30-21)18-10-15-8-17(9-16(15)11-18)22-6-7-29-24-5-3-20(28)12-23(22)24;27-20-2-4-24-23(12-20)22(5-6-29-24)18-8-16-10-19(11-17(16)9-18)26(32)25(31)7-15-1-3-21(13-28)30-14-15/h2-9,15,19-22,28H,10-14H2,1H3;2-9,15,17-20,27H,10-14H2,1H3;2-7,12,14-18,26H,8-11,13H2,1H3;1-6,12,14,16-19,26,32H,7-11H2/t19-,20+,21?,22?,28?;17-,18+,19?,20?,27?;15-,16+,17?,18?,26?;16-,17+,18?,19?,26?. The van der Waals surface area contributed by atoms with E-state index in [2.05, 4.69) is 42.0 Å². The lowest BCUT2D eigenvalue weighted by atomic mass is 9.87. The lowest BCUT2D eigenvalue weighted by molar-refractivity contribution is -0.132. The van der Waals surface area contributed by atoms with Crippen molar-refractivity contribution in [2.45, 2.75) is 177 Å². The summed E-state index contributed by atoms with van der Waals surface area (Å²) in [6.07, 6.45) is 25.5. The monoisotopic (exact) mass is 1770 g/mol. The number of nitrogens with zero attached hydrogens (tertiary/aromatic N) is 8. The van der Waals surface area contributed by atoms with Gasteiger partial charge in [0.2, 0.25) is 0 Å². The van der Waals surface area contributed by atoms with Crippen LogP contribution in [0.5, 0.6) is 0 Å². The number of fused-ring (bicyclic) bond motifs is 8. The molecule has 0 aliphatic heterocycles. The molecule has 0 radical (unpaired) electrons. The van der Waals surface area contributed by atoms with Crippen molar-refractivity contribution in [3.8, 4) is 12.1 Å². The number of nitriles is 2. The first kappa shape index (κ1) is 90.0. The molecule has 8 aliphatic rings. The van der Waals surface area contributed by atoms with Crippen molar-refractivity contribution in [2.75, 3.05) is 21.3 Å². The van der Waals surface area contributed by atoms with Crippen LogP contribution in [0, 0.1) is 117 Å². The van der Waals surface area contributed by atoms with Gasteiger partial charge in [-0.3, -0.25) is 44.1 Å². The molecule has 16 nitrogen and oxygen atoms in total. The zero-order valence-electron chi connectivity index (χ0n) is 72.5. The van der Waals surface area contributed by atoms with E-state index in [0.29, 0.717) is 111 Å². The Morgan fingerprint density at radius 1 is 0.357 bits per heavy atom. The van der Waals surface area contributed by atoms with Gasteiger partial charge in [-0.05, 0) is 376 Å². The van der Waals surface area contributed by atoms with Gasteiger partial charge >= 0.3 is 0 Å². The molecular weight excluding hydrogens is 1670 g/mol. The van der Waals surface area contributed by atoms with E-state index in [9.17, 15) is 41.8 Å². The van der Waals surface area contributed by atoms with Crippen molar-refractivity contribution in [3.63, 3.8) is 0 Å². The van der Waals surface area contributed by atoms with Crippen LogP contribution in [0.4, 0.5) is 17.6 Å². The summed E-state index contributed by atoms with van der Waals surface area (Å²) in [5.41, 5.74) is 12.3. The molecule has 0 bridgehead atoms. The summed E-state index contributed by atoms with van der Waals surface area (Å²) in [5, 5.41) is 33.4. The van der Waals surface area contributed by atoms with E-state index < -0.39 is 12.2 Å². The molecule has 6 aromatic heterocycles. The fourth-order valence-electron chi connectivity index (χ4n) is 24.3. The molecule has 12 aromatic rings. The van der Waals surface area contributed by atoms with Gasteiger partial charge < -0.3 is 19.3 Å². The van der Waals surface area contributed by atoms with Crippen molar-refractivity contribution in [2.24, 2.45) is 71.0 Å². The van der Waals surface area contributed by atoms with Gasteiger partial charge in [-0.2, -0.15) is 10.5 Å². The number of methoxy groups -OCH3 is 3. The number of hydrogen-bond acceptors (Lipinski definition) is 16. The van der Waals surface area contributed by atoms with Gasteiger partial charge in [0.25, 0.3) is 0 Å². The van der Waals surface area contributed by atoms with E-state index in [0.717, 1.165) is 169 Å². The van der Waals surface area contributed by atoms with E-state index in [1.807, 2.05) is 79.3 Å². The number of aliphatic hydroxyl groups is 1. The van der Waals surface area contributed by atoms with E-state index in [1.165, 1.54) is 47.2 Å². The number of hydrogen-bond donors (Lipinski definition) is 1. The fourth-order valence-corrected chi connectivity index (χ4v) is 24.5. The molecule has 22 heteroatoms. The van der Waals surface area contributed by atoms with Crippen LogP contribution in [0.25, 0.3) is 43.6 Å². The molecule has 12 unspecified atom stereocenters. The zero-order chi connectivity index (χ0) is 89.7. The molecule has 0 spiro atoms. The minimum atomic E-state index is -0.967. The predicted molar refractivity (Wildman–Crippen MR) is 488 cm³/mol. The molecule has 129 heavy (non-hydrogen) atoms. The van der Waals surface area contributed by atoms with Crippen LogP contribution in [0.3, 0.4) is 0 Å². The summed E-state index contributed by atoms with van der Waals surface area (Å²) in [4.78, 5) is 77.5. The summed E-state index contributed by atoms with van der Waals surface area (Å²) in [6, 6.07) is 53.0. The smallest absolute Gasteiger partial charge is 0.167 e. The average molecular weight is 1780 g/mol. The highest BCUT2D eigenvalue weighted by Crippen LogP contribution is 2.59. The Bertz CT molecular complexity index is 5940. The molecule has 0 amide bonds. The maximum atomic E-state index is 13.9. The minimum absolute atomic E-state index is 0.0172. The summed E-state index contributed by atoms with van der Waals surface area (Å²) in [5.74, 6) is 5.96. The third kappa shape index (κ3) is 20.5. The Hall–Kier alpha value is -10.9. The van der Waals surface area contributed by atoms with Gasteiger partial charge in [-0.15, -0.1) is 0 Å². The van der Waals surface area contributed by atoms with Crippen molar-refractivity contribution in [3.05, 3.63) is 296 Å². The van der Waals surface area contributed by atoms with Gasteiger partial charge in [0.15, 0.2) is 23.1 Å². The summed E-state index contributed by atoms with van der Waals surface area (Å²) >= 11 is 11.9. The third-order valence-corrected chi connectivity index (χ3v) is 30.4. The molecule has 6 aromatic carbocycles. The first-order chi connectivity index (χ1) is 62.6. The topological polar surface area (TPSA) is 241 Å². The zero-order valence-corrected chi connectivity index (χ0v) is 74.0. The number of rotatable bonds is 23. The number of aliphatic hydroxyl groups excluding tert-OH is 1. The molecule has 1 N–H and O–H groups in total. The van der Waals surface area contributed by atoms with Crippen LogP contribution >= 0.6 is 23.2 Å². The lowest BCUT2D eigenvalue weighted by Gasteiger charge is -2.23.